The number of halogens is 1. The van der Waals surface area contributed by atoms with Gasteiger partial charge in [-0.3, -0.25) is 9.78 Å². The summed E-state index contributed by atoms with van der Waals surface area (Å²) in [6.45, 7) is 2.75. The molecule has 6 nitrogen and oxygen atoms in total. The first-order chi connectivity index (χ1) is 12.2. The van der Waals surface area contributed by atoms with Gasteiger partial charge in [-0.05, 0) is 31.2 Å². The molecule has 0 radical (unpaired) electrons. The summed E-state index contributed by atoms with van der Waals surface area (Å²) in [7, 11) is 0. The predicted molar refractivity (Wildman–Crippen MR) is 101 cm³/mol. The van der Waals surface area contributed by atoms with Gasteiger partial charge in [0.2, 0.25) is 0 Å². The molecule has 7 heteroatoms. The van der Waals surface area contributed by atoms with Crippen molar-refractivity contribution in [2.24, 2.45) is 0 Å². The van der Waals surface area contributed by atoms with Crippen LogP contribution in [-0.4, -0.2) is 27.4 Å². The minimum Gasteiger partial charge on any atom is -0.338 e. The number of hydrogen-bond donors (Lipinski definition) is 1. The second kappa shape index (κ2) is 7.85. The first-order valence-corrected chi connectivity index (χ1v) is 8.51. The number of pyridine rings is 1. The third-order valence-electron chi connectivity index (χ3n) is 3.56. The number of benzene rings is 1. The topological polar surface area (TPSA) is 71.0 Å². The highest BCUT2D eigenvalue weighted by Crippen LogP contribution is 2.25. The number of nitrogens with one attached hydrogen (secondary N) is 1. The van der Waals surface area contributed by atoms with Crippen LogP contribution in [0, 0.1) is 0 Å². The van der Waals surface area contributed by atoms with Crippen LogP contribution >= 0.6 is 15.9 Å². The van der Waals surface area contributed by atoms with E-state index >= 15 is 0 Å². The zero-order valence-corrected chi connectivity index (χ0v) is 15.1. The van der Waals surface area contributed by atoms with Gasteiger partial charge < -0.3 is 10.2 Å². The van der Waals surface area contributed by atoms with Crippen molar-refractivity contribution in [3.05, 3.63) is 71.5 Å². The second-order valence-corrected chi connectivity index (χ2v) is 6.15. The third kappa shape index (κ3) is 4.19. The molecule has 0 aliphatic carbocycles. The fourth-order valence-electron chi connectivity index (χ4n) is 2.42. The average Bonchev–Trinajstić information content (AvgIpc) is 2.64. The van der Waals surface area contributed by atoms with Gasteiger partial charge in [0.25, 0.3) is 5.91 Å². The van der Waals surface area contributed by atoms with Gasteiger partial charge in [0.1, 0.15) is 6.33 Å². The molecule has 0 unspecified atom stereocenters. The molecule has 0 bridgehead atoms. The lowest BCUT2D eigenvalue weighted by Crippen LogP contribution is -2.17. The van der Waals surface area contributed by atoms with Crippen molar-refractivity contribution < 1.29 is 4.79 Å². The molecule has 1 aromatic carbocycles. The number of anilines is 3. The summed E-state index contributed by atoms with van der Waals surface area (Å²) in [5.74, 6) is -0.189. The molecule has 0 atom stereocenters. The first-order valence-electron chi connectivity index (χ1n) is 7.72. The summed E-state index contributed by atoms with van der Waals surface area (Å²) >= 11 is 3.37. The van der Waals surface area contributed by atoms with Crippen molar-refractivity contribution in [1.29, 1.82) is 0 Å². The largest absolute Gasteiger partial charge is 0.338 e. The SMILES string of the molecule is CCN(c1cncnc1)c1cncc(NC(=O)c2cccc(Br)c2)c1. The predicted octanol–water partition coefficient (Wildman–Crippen LogP) is 4.04. The van der Waals surface area contributed by atoms with Crippen molar-refractivity contribution in [3.63, 3.8) is 0 Å². The maximum atomic E-state index is 12.4. The molecule has 1 amide bonds. The van der Waals surface area contributed by atoms with Gasteiger partial charge in [-0.15, -0.1) is 0 Å². The van der Waals surface area contributed by atoms with Gasteiger partial charge >= 0.3 is 0 Å². The van der Waals surface area contributed by atoms with Crippen LogP contribution in [0.1, 0.15) is 17.3 Å². The molecule has 0 spiro atoms. The van der Waals surface area contributed by atoms with E-state index in [0.29, 0.717) is 11.3 Å². The Morgan fingerprint density at radius 1 is 1.08 bits per heavy atom. The molecule has 0 aliphatic rings. The van der Waals surface area contributed by atoms with Gasteiger partial charge in [0, 0.05) is 16.6 Å². The lowest BCUT2D eigenvalue weighted by molar-refractivity contribution is 0.102. The first kappa shape index (κ1) is 17.0. The maximum absolute atomic E-state index is 12.4. The quantitative estimate of drug-likeness (QED) is 0.702. The Morgan fingerprint density at radius 3 is 2.56 bits per heavy atom. The molecule has 3 aromatic rings. The lowest BCUT2D eigenvalue weighted by Gasteiger charge is -2.22. The van der Waals surface area contributed by atoms with Crippen LogP contribution in [0.3, 0.4) is 0 Å². The average molecular weight is 398 g/mol. The molecule has 25 heavy (non-hydrogen) atoms. The molecule has 0 aliphatic heterocycles. The van der Waals surface area contributed by atoms with Crippen LogP contribution in [-0.2, 0) is 0 Å². The number of amides is 1. The van der Waals surface area contributed by atoms with Crippen molar-refractivity contribution in [2.45, 2.75) is 6.92 Å². The van der Waals surface area contributed by atoms with Crippen LogP contribution in [0.15, 0.2) is 65.9 Å². The van der Waals surface area contributed by atoms with E-state index in [4.69, 9.17) is 0 Å². The minimum atomic E-state index is -0.189. The van der Waals surface area contributed by atoms with Crippen molar-refractivity contribution in [1.82, 2.24) is 15.0 Å². The molecule has 0 fully saturated rings. The summed E-state index contributed by atoms with van der Waals surface area (Å²) in [6, 6.07) is 9.10. The number of carbonyl (C=O) groups is 1. The minimum absolute atomic E-state index is 0.189. The summed E-state index contributed by atoms with van der Waals surface area (Å²) in [5.41, 5.74) is 2.91. The van der Waals surface area contributed by atoms with E-state index < -0.39 is 0 Å². The molecular formula is C18H16BrN5O. The van der Waals surface area contributed by atoms with E-state index in [1.807, 2.05) is 30.0 Å². The van der Waals surface area contributed by atoms with Gasteiger partial charge in [-0.1, -0.05) is 22.0 Å². The normalized spacial score (nSPS) is 10.3. The van der Waals surface area contributed by atoms with Crippen molar-refractivity contribution >= 4 is 38.9 Å². The van der Waals surface area contributed by atoms with Crippen LogP contribution in [0.25, 0.3) is 0 Å². The Kier molecular flexibility index (Phi) is 5.35. The highest BCUT2D eigenvalue weighted by molar-refractivity contribution is 9.10. The maximum Gasteiger partial charge on any atom is 0.255 e. The Hall–Kier alpha value is -2.80. The molecular weight excluding hydrogens is 382 g/mol. The van der Waals surface area contributed by atoms with Crippen LogP contribution in [0.2, 0.25) is 0 Å². The van der Waals surface area contributed by atoms with Gasteiger partial charge in [0.05, 0.1) is 41.8 Å². The van der Waals surface area contributed by atoms with Gasteiger partial charge in [-0.2, -0.15) is 0 Å². The summed E-state index contributed by atoms with van der Waals surface area (Å²) in [6.07, 6.45) is 8.33. The van der Waals surface area contributed by atoms with E-state index in [1.165, 1.54) is 6.33 Å². The molecule has 2 heterocycles. The zero-order valence-electron chi connectivity index (χ0n) is 13.6. The van der Waals surface area contributed by atoms with E-state index in [1.54, 1.807) is 36.9 Å². The number of carbonyl (C=O) groups excluding carboxylic acids is 1. The molecule has 2 aromatic heterocycles. The number of hydrogen-bond acceptors (Lipinski definition) is 5. The monoisotopic (exact) mass is 397 g/mol. The third-order valence-corrected chi connectivity index (χ3v) is 4.05. The molecule has 126 valence electrons. The number of aromatic nitrogens is 3. The van der Waals surface area contributed by atoms with E-state index in [-0.39, 0.29) is 5.91 Å². The summed E-state index contributed by atoms with van der Waals surface area (Å²) in [5, 5.41) is 2.88. The van der Waals surface area contributed by atoms with Crippen molar-refractivity contribution in [2.75, 3.05) is 16.8 Å². The van der Waals surface area contributed by atoms with Crippen molar-refractivity contribution in [3.8, 4) is 0 Å². The van der Waals surface area contributed by atoms with Gasteiger partial charge in [0.15, 0.2) is 0 Å². The number of rotatable bonds is 5. The van der Waals surface area contributed by atoms with E-state index in [9.17, 15) is 4.79 Å². The molecule has 1 N–H and O–H groups in total. The Morgan fingerprint density at radius 2 is 1.84 bits per heavy atom. The molecule has 3 rings (SSSR count). The fraction of sp³-hybridized carbons (Fsp3) is 0.111. The molecule has 0 saturated carbocycles. The van der Waals surface area contributed by atoms with Gasteiger partial charge in [-0.25, -0.2) is 9.97 Å². The Balaban J connectivity index is 1.82. The molecule has 0 saturated heterocycles. The van der Waals surface area contributed by atoms with Crippen LogP contribution in [0.5, 0.6) is 0 Å². The zero-order chi connectivity index (χ0) is 17.6. The van der Waals surface area contributed by atoms with E-state index in [2.05, 4.69) is 36.2 Å². The highest BCUT2D eigenvalue weighted by Gasteiger charge is 2.11. The standard InChI is InChI=1S/C18H16BrN5O/c1-2-24(17-10-21-12-22-11-17)16-7-15(8-20-9-16)23-18(25)13-4-3-5-14(19)6-13/h3-12H,2H2,1H3,(H,23,25). The summed E-state index contributed by atoms with van der Waals surface area (Å²) in [4.78, 5) is 26.7. The van der Waals surface area contributed by atoms with E-state index in [0.717, 1.165) is 22.4 Å². The second-order valence-electron chi connectivity index (χ2n) is 5.24. The highest BCUT2D eigenvalue weighted by atomic mass is 79.9. The van der Waals surface area contributed by atoms with Crippen LogP contribution < -0.4 is 10.2 Å². The Bertz CT molecular complexity index is 872. The smallest absolute Gasteiger partial charge is 0.255 e. The lowest BCUT2D eigenvalue weighted by atomic mass is 10.2. The van der Waals surface area contributed by atoms with Crippen LogP contribution in [0.4, 0.5) is 17.1 Å². The Labute approximate surface area is 154 Å². The summed E-state index contributed by atoms with van der Waals surface area (Å²) < 4.78 is 0.855. The fourth-order valence-corrected chi connectivity index (χ4v) is 2.82. The number of nitrogens with zero attached hydrogens (tertiary/aromatic N) is 4.